The van der Waals surface area contributed by atoms with Crippen molar-refractivity contribution >= 4 is 17.5 Å². The summed E-state index contributed by atoms with van der Waals surface area (Å²) >= 11 is 0. The van der Waals surface area contributed by atoms with E-state index in [1.54, 1.807) is 11.1 Å². The highest BCUT2D eigenvalue weighted by Crippen LogP contribution is 2.33. The maximum Gasteiger partial charge on any atom is 0.227 e. The minimum atomic E-state index is -0.377. The van der Waals surface area contributed by atoms with E-state index in [1.165, 1.54) is 0 Å². The number of carbonyl (C=O) groups is 2. The molecular formula is C20H23N3O3. The lowest BCUT2D eigenvalue weighted by Crippen LogP contribution is -2.33. The van der Waals surface area contributed by atoms with Gasteiger partial charge in [0.2, 0.25) is 11.8 Å². The first kappa shape index (κ1) is 17.9. The average molecular weight is 353 g/mol. The topological polar surface area (TPSA) is 71.5 Å². The van der Waals surface area contributed by atoms with Crippen LogP contribution in [0.25, 0.3) is 0 Å². The quantitative estimate of drug-likeness (QED) is 0.866. The highest BCUT2D eigenvalue weighted by molar-refractivity contribution is 6.01. The number of aromatic nitrogens is 1. The molecule has 26 heavy (non-hydrogen) atoms. The van der Waals surface area contributed by atoms with Gasteiger partial charge < -0.3 is 15.0 Å². The van der Waals surface area contributed by atoms with Crippen molar-refractivity contribution in [3.05, 3.63) is 54.4 Å². The zero-order valence-corrected chi connectivity index (χ0v) is 15.0. The van der Waals surface area contributed by atoms with Gasteiger partial charge in [0.15, 0.2) is 0 Å². The van der Waals surface area contributed by atoms with Gasteiger partial charge >= 0.3 is 0 Å². The van der Waals surface area contributed by atoms with Gasteiger partial charge in [-0.05, 0) is 38.1 Å². The van der Waals surface area contributed by atoms with Crippen LogP contribution < -0.4 is 15.0 Å². The summed E-state index contributed by atoms with van der Waals surface area (Å²) in [7, 11) is 0. The van der Waals surface area contributed by atoms with Crippen LogP contribution in [0.15, 0.2) is 48.7 Å². The molecular weight excluding hydrogens is 330 g/mol. The Labute approximate surface area is 153 Å². The van der Waals surface area contributed by atoms with Gasteiger partial charge in [-0.2, -0.15) is 0 Å². The molecule has 0 saturated carbocycles. The molecule has 3 rings (SSSR count). The van der Waals surface area contributed by atoms with Gasteiger partial charge in [-0.15, -0.1) is 0 Å². The van der Waals surface area contributed by atoms with Gasteiger partial charge in [0.1, 0.15) is 5.75 Å². The zero-order valence-electron chi connectivity index (χ0n) is 15.0. The Hall–Kier alpha value is -2.89. The van der Waals surface area contributed by atoms with E-state index in [1.807, 2.05) is 56.3 Å². The predicted octanol–water partition coefficient (Wildman–Crippen LogP) is 2.54. The van der Waals surface area contributed by atoms with Crippen molar-refractivity contribution in [2.45, 2.75) is 32.9 Å². The number of hydrogen-bond donors (Lipinski definition) is 1. The van der Waals surface area contributed by atoms with Crippen LogP contribution in [-0.2, 0) is 16.1 Å². The minimum Gasteiger partial charge on any atom is -0.489 e. The zero-order chi connectivity index (χ0) is 18.5. The molecule has 1 aromatic heterocycles. The van der Waals surface area contributed by atoms with Gasteiger partial charge in [0, 0.05) is 19.2 Å². The highest BCUT2D eigenvalue weighted by atomic mass is 16.5. The molecule has 2 heterocycles. The van der Waals surface area contributed by atoms with Crippen molar-refractivity contribution in [1.82, 2.24) is 10.3 Å². The molecule has 2 aromatic rings. The van der Waals surface area contributed by atoms with Gasteiger partial charge in [-0.1, -0.05) is 18.2 Å². The van der Waals surface area contributed by atoms with Crippen LogP contribution in [0.3, 0.4) is 0 Å². The highest BCUT2D eigenvalue weighted by Gasteiger charge is 2.36. The number of nitrogens with one attached hydrogen (secondary N) is 1. The monoisotopic (exact) mass is 353 g/mol. The number of amides is 2. The lowest BCUT2D eigenvalue weighted by Gasteiger charge is -2.21. The van der Waals surface area contributed by atoms with Gasteiger partial charge in [0.25, 0.3) is 0 Å². The van der Waals surface area contributed by atoms with Crippen molar-refractivity contribution < 1.29 is 14.3 Å². The Balaban J connectivity index is 1.66. The third-order valence-electron chi connectivity index (χ3n) is 4.18. The summed E-state index contributed by atoms with van der Waals surface area (Å²) in [6.07, 6.45) is 1.89. The van der Waals surface area contributed by atoms with E-state index in [2.05, 4.69) is 10.3 Å². The molecule has 1 aromatic carbocycles. The first-order chi connectivity index (χ1) is 12.5. The minimum absolute atomic E-state index is 0.00585. The first-order valence-corrected chi connectivity index (χ1v) is 8.78. The number of rotatable bonds is 6. The number of nitrogens with zero attached hydrogens (tertiary/aromatic N) is 2. The molecule has 2 amide bonds. The Morgan fingerprint density at radius 1 is 1.27 bits per heavy atom. The van der Waals surface area contributed by atoms with Gasteiger partial charge in [-0.25, -0.2) is 0 Å². The molecule has 6 heteroatoms. The van der Waals surface area contributed by atoms with Crippen molar-refractivity contribution in [2.75, 3.05) is 11.4 Å². The molecule has 6 nitrogen and oxygen atoms in total. The van der Waals surface area contributed by atoms with Crippen LogP contribution >= 0.6 is 0 Å². The number of ether oxygens (including phenoxy) is 1. The van der Waals surface area contributed by atoms with E-state index >= 15 is 0 Å². The molecule has 1 unspecified atom stereocenters. The Morgan fingerprint density at radius 3 is 2.77 bits per heavy atom. The van der Waals surface area contributed by atoms with Crippen LogP contribution in [0.2, 0.25) is 0 Å². The number of hydrogen-bond acceptors (Lipinski definition) is 4. The average Bonchev–Trinajstić information content (AvgIpc) is 3.02. The molecule has 1 saturated heterocycles. The fourth-order valence-electron chi connectivity index (χ4n) is 2.97. The van der Waals surface area contributed by atoms with Crippen LogP contribution in [0.5, 0.6) is 5.75 Å². The molecule has 0 radical (unpaired) electrons. The SMILES string of the molecule is CC(C)Oc1ccccc1N1CC(C(=O)NCc2ccccn2)CC1=O. The predicted molar refractivity (Wildman–Crippen MR) is 98.7 cm³/mol. The first-order valence-electron chi connectivity index (χ1n) is 8.78. The fourth-order valence-corrected chi connectivity index (χ4v) is 2.97. The van der Waals surface area contributed by atoms with E-state index in [0.717, 1.165) is 5.69 Å². The lowest BCUT2D eigenvalue weighted by atomic mass is 10.1. The van der Waals surface area contributed by atoms with E-state index in [0.29, 0.717) is 24.5 Å². The van der Waals surface area contributed by atoms with E-state index in [-0.39, 0.29) is 30.3 Å². The summed E-state index contributed by atoms with van der Waals surface area (Å²) < 4.78 is 5.80. The second-order valence-electron chi connectivity index (χ2n) is 6.58. The molecule has 1 aliphatic rings. The maximum absolute atomic E-state index is 12.5. The van der Waals surface area contributed by atoms with Gasteiger partial charge in [0.05, 0.1) is 29.9 Å². The van der Waals surface area contributed by atoms with Crippen molar-refractivity contribution in [3.8, 4) is 5.75 Å². The summed E-state index contributed by atoms with van der Waals surface area (Å²) in [6.45, 7) is 4.59. The molecule has 0 bridgehead atoms. The van der Waals surface area contributed by atoms with Crippen molar-refractivity contribution in [1.29, 1.82) is 0 Å². The van der Waals surface area contributed by atoms with Crippen LogP contribution in [0.4, 0.5) is 5.69 Å². The maximum atomic E-state index is 12.5. The third-order valence-corrected chi connectivity index (χ3v) is 4.18. The summed E-state index contributed by atoms with van der Waals surface area (Å²) in [5, 5.41) is 2.87. The summed E-state index contributed by atoms with van der Waals surface area (Å²) in [6, 6.07) is 13.0. The van der Waals surface area contributed by atoms with Crippen LogP contribution in [0, 0.1) is 5.92 Å². The molecule has 1 aliphatic heterocycles. The number of carbonyl (C=O) groups excluding carboxylic acids is 2. The molecule has 1 atom stereocenters. The van der Waals surface area contributed by atoms with Crippen molar-refractivity contribution in [2.24, 2.45) is 5.92 Å². The Morgan fingerprint density at radius 2 is 2.04 bits per heavy atom. The summed E-state index contributed by atoms with van der Waals surface area (Å²) in [5.41, 5.74) is 1.50. The third kappa shape index (κ3) is 4.20. The van der Waals surface area contributed by atoms with E-state index < -0.39 is 0 Å². The Bertz CT molecular complexity index is 777. The Kier molecular flexibility index (Phi) is 5.51. The number of pyridine rings is 1. The summed E-state index contributed by atoms with van der Waals surface area (Å²) in [4.78, 5) is 30.8. The number of benzene rings is 1. The fraction of sp³-hybridized carbons (Fsp3) is 0.350. The second kappa shape index (κ2) is 7.99. The molecule has 1 N–H and O–H groups in total. The standard InChI is InChI=1S/C20H23N3O3/c1-14(2)26-18-9-4-3-8-17(18)23-13-15(11-19(23)24)20(25)22-12-16-7-5-6-10-21-16/h3-10,14-15H,11-13H2,1-2H3,(H,22,25). The molecule has 136 valence electrons. The second-order valence-corrected chi connectivity index (χ2v) is 6.58. The van der Waals surface area contributed by atoms with E-state index in [9.17, 15) is 9.59 Å². The normalized spacial score (nSPS) is 16.8. The molecule has 0 aliphatic carbocycles. The largest absolute Gasteiger partial charge is 0.489 e. The molecule has 0 spiro atoms. The number of anilines is 1. The molecule has 1 fully saturated rings. The lowest BCUT2D eigenvalue weighted by molar-refractivity contribution is -0.126. The van der Waals surface area contributed by atoms with Gasteiger partial charge in [-0.3, -0.25) is 14.6 Å². The van der Waals surface area contributed by atoms with E-state index in [4.69, 9.17) is 4.74 Å². The summed E-state index contributed by atoms with van der Waals surface area (Å²) in [5.74, 6) is 0.0836. The van der Waals surface area contributed by atoms with Crippen LogP contribution in [0.1, 0.15) is 26.0 Å². The van der Waals surface area contributed by atoms with Crippen LogP contribution in [-0.4, -0.2) is 29.4 Å². The number of para-hydroxylation sites is 2. The smallest absolute Gasteiger partial charge is 0.227 e. The van der Waals surface area contributed by atoms with Crippen molar-refractivity contribution in [3.63, 3.8) is 0 Å².